The molecule has 0 aliphatic rings. The average molecular weight is 251 g/mol. The van der Waals surface area contributed by atoms with Gasteiger partial charge in [0.15, 0.2) is 0 Å². The van der Waals surface area contributed by atoms with Crippen LogP contribution in [-0.2, 0) is 20.7 Å². The van der Waals surface area contributed by atoms with Gasteiger partial charge in [0.05, 0.1) is 13.5 Å². The summed E-state index contributed by atoms with van der Waals surface area (Å²) in [7, 11) is 1.30. The third kappa shape index (κ3) is 5.34. The zero-order chi connectivity index (χ0) is 13.4. The van der Waals surface area contributed by atoms with Gasteiger partial charge in [0, 0.05) is 13.0 Å². The van der Waals surface area contributed by atoms with Crippen LogP contribution in [0.3, 0.4) is 0 Å². The number of benzene rings is 1. The molecule has 1 aromatic rings. The van der Waals surface area contributed by atoms with E-state index in [4.69, 9.17) is 5.11 Å². The van der Waals surface area contributed by atoms with Gasteiger partial charge in [-0.15, -0.1) is 0 Å². The van der Waals surface area contributed by atoms with Crippen LogP contribution in [0.15, 0.2) is 24.3 Å². The zero-order valence-electron chi connectivity index (χ0n) is 10.3. The van der Waals surface area contributed by atoms with E-state index in [1.54, 1.807) is 24.3 Å². The van der Waals surface area contributed by atoms with E-state index in [0.717, 1.165) is 5.56 Å². The molecule has 98 valence electrons. The molecule has 1 aromatic carbocycles. The van der Waals surface area contributed by atoms with Crippen molar-refractivity contribution in [3.8, 4) is 5.75 Å². The monoisotopic (exact) mass is 251 g/mol. The van der Waals surface area contributed by atoms with Crippen LogP contribution in [0.5, 0.6) is 5.75 Å². The standard InChI is InChI=1S/C13H17NO4/c1-18-13(17)7-6-12(16)14-9-8-10-2-4-11(15)5-3-10/h2-5,15H,6-9H2,1H3,(H,14,16). The molecule has 5 nitrogen and oxygen atoms in total. The van der Waals surface area contributed by atoms with Crippen molar-refractivity contribution in [1.29, 1.82) is 0 Å². The summed E-state index contributed by atoms with van der Waals surface area (Å²) in [6.07, 6.45) is 0.925. The van der Waals surface area contributed by atoms with Crippen molar-refractivity contribution in [2.24, 2.45) is 0 Å². The highest BCUT2D eigenvalue weighted by Gasteiger charge is 2.05. The normalized spacial score (nSPS) is 9.83. The van der Waals surface area contributed by atoms with Gasteiger partial charge in [0.1, 0.15) is 5.75 Å². The fraction of sp³-hybridized carbons (Fsp3) is 0.385. The summed E-state index contributed by atoms with van der Waals surface area (Å²) in [6, 6.07) is 6.81. The molecule has 0 aliphatic heterocycles. The Hall–Kier alpha value is -2.04. The summed E-state index contributed by atoms with van der Waals surface area (Å²) >= 11 is 0. The quantitative estimate of drug-likeness (QED) is 0.740. The maximum absolute atomic E-state index is 11.3. The third-order valence-corrected chi connectivity index (χ3v) is 2.46. The minimum atomic E-state index is -0.385. The Morgan fingerprint density at radius 2 is 1.89 bits per heavy atom. The van der Waals surface area contributed by atoms with E-state index in [9.17, 15) is 9.59 Å². The van der Waals surface area contributed by atoms with Crippen LogP contribution in [0.4, 0.5) is 0 Å². The Morgan fingerprint density at radius 3 is 2.50 bits per heavy atom. The van der Waals surface area contributed by atoms with Crippen LogP contribution in [0.1, 0.15) is 18.4 Å². The van der Waals surface area contributed by atoms with E-state index in [1.165, 1.54) is 7.11 Å². The van der Waals surface area contributed by atoms with Crippen molar-refractivity contribution in [2.45, 2.75) is 19.3 Å². The summed E-state index contributed by atoms with van der Waals surface area (Å²) in [5.74, 6) is -0.330. The molecular formula is C13H17NO4. The predicted octanol–water partition coefficient (Wildman–Crippen LogP) is 1.00. The number of esters is 1. The minimum Gasteiger partial charge on any atom is -0.508 e. The number of hydrogen-bond acceptors (Lipinski definition) is 4. The molecule has 18 heavy (non-hydrogen) atoms. The Morgan fingerprint density at radius 1 is 1.22 bits per heavy atom. The molecule has 1 amide bonds. The number of nitrogens with one attached hydrogen (secondary N) is 1. The summed E-state index contributed by atoms with van der Waals surface area (Å²) in [6.45, 7) is 0.505. The second kappa shape index (κ2) is 7.32. The lowest BCUT2D eigenvalue weighted by Crippen LogP contribution is -2.26. The molecule has 0 spiro atoms. The number of phenolic OH excluding ortho intramolecular Hbond substituents is 1. The summed E-state index contributed by atoms with van der Waals surface area (Å²) in [5.41, 5.74) is 1.03. The van der Waals surface area contributed by atoms with Gasteiger partial charge in [-0.2, -0.15) is 0 Å². The van der Waals surface area contributed by atoms with E-state index >= 15 is 0 Å². The Bertz CT molecular complexity index is 400. The molecule has 0 atom stereocenters. The van der Waals surface area contributed by atoms with Gasteiger partial charge < -0.3 is 15.2 Å². The van der Waals surface area contributed by atoms with Crippen LogP contribution < -0.4 is 5.32 Å². The molecular weight excluding hydrogens is 234 g/mol. The fourth-order valence-electron chi connectivity index (χ4n) is 1.41. The van der Waals surface area contributed by atoms with Crippen molar-refractivity contribution in [1.82, 2.24) is 5.32 Å². The number of amides is 1. The fourth-order valence-corrected chi connectivity index (χ4v) is 1.41. The molecule has 5 heteroatoms. The number of hydrogen-bond donors (Lipinski definition) is 2. The van der Waals surface area contributed by atoms with Gasteiger partial charge in [0.25, 0.3) is 0 Å². The predicted molar refractivity (Wildman–Crippen MR) is 66.1 cm³/mol. The first-order valence-electron chi connectivity index (χ1n) is 5.73. The summed E-state index contributed by atoms with van der Waals surface area (Å²) < 4.78 is 4.44. The van der Waals surface area contributed by atoms with Crippen LogP contribution >= 0.6 is 0 Å². The molecule has 0 unspecified atom stereocenters. The van der Waals surface area contributed by atoms with Gasteiger partial charge in [-0.05, 0) is 24.1 Å². The van der Waals surface area contributed by atoms with E-state index in [1.807, 2.05) is 0 Å². The van der Waals surface area contributed by atoms with E-state index in [0.29, 0.717) is 13.0 Å². The van der Waals surface area contributed by atoms with Crippen LogP contribution in [0.2, 0.25) is 0 Å². The van der Waals surface area contributed by atoms with Gasteiger partial charge in [-0.1, -0.05) is 12.1 Å². The average Bonchev–Trinajstić information content (AvgIpc) is 2.38. The number of carbonyl (C=O) groups is 2. The molecule has 0 bridgehead atoms. The zero-order valence-corrected chi connectivity index (χ0v) is 10.3. The van der Waals surface area contributed by atoms with Crippen molar-refractivity contribution < 1.29 is 19.4 Å². The van der Waals surface area contributed by atoms with Crippen LogP contribution in [-0.4, -0.2) is 30.6 Å². The van der Waals surface area contributed by atoms with E-state index in [-0.39, 0.29) is 30.5 Å². The second-order valence-corrected chi connectivity index (χ2v) is 3.84. The van der Waals surface area contributed by atoms with Gasteiger partial charge in [-0.25, -0.2) is 0 Å². The number of aromatic hydroxyl groups is 1. The molecule has 0 aromatic heterocycles. The molecule has 0 aliphatic carbocycles. The number of methoxy groups -OCH3 is 1. The van der Waals surface area contributed by atoms with E-state index in [2.05, 4.69) is 10.1 Å². The number of carbonyl (C=O) groups excluding carboxylic acids is 2. The topological polar surface area (TPSA) is 75.6 Å². The molecule has 0 fully saturated rings. The number of rotatable bonds is 6. The Kier molecular flexibility index (Phi) is 5.70. The lowest BCUT2D eigenvalue weighted by molar-refractivity contribution is -0.142. The molecule has 2 N–H and O–H groups in total. The van der Waals surface area contributed by atoms with Crippen LogP contribution in [0.25, 0.3) is 0 Å². The van der Waals surface area contributed by atoms with Gasteiger partial charge in [0.2, 0.25) is 5.91 Å². The maximum atomic E-state index is 11.3. The highest BCUT2D eigenvalue weighted by Crippen LogP contribution is 2.09. The molecule has 1 rings (SSSR count). The first kappa shape index (κ1) is 14.0. The minimum absolute atomic E-state index is 0.0988. The SMILES string of the molecule is COC(=O)CCC(=O)NCCc1ccc(O)cc1. The van der Waals surface area contributed by atoms with Gasteiger partial charge in [-0.3, -0.25) is 9.59 Å². The smallest absolute Gasteiger partial charge is 0.306 e. The molecule has 0 radical (unpaired) electrons. The number of ether oxygens (including phenoxy) is 1. The number of phenols is 1. The highest BCUT2D eigenvalue weighted by molar-refractivity contribution is 5.81. The van der Waals surface area contributed by atoms with Crippen LogP contribution in [0, 0.1) is 0 Å². The lowest BCUT2D eigenvalue weighted by atomic mass is 10.1. The highest BCUT2D eigenvalue weighted by atomic mass is 16.5. The van der Waals surface area contributed by atoms with Crippen molar-refractivity contribution in [2.75, 3.05) is 13.7 Å². The summed E-state index contributed by atoms with van der Waals surface area (Å²) in [5, 5.41) is 11.8. The van der Waals surface area contributed by atoms with E-state index < -0.39 is 0 Å². The Balaban J connectivity index is 2.19. The summed E-state index contributed by atoms with van der Waals surface area (Å²) in [4.78, 5) is 22.2. The van der Waals surface area contributed by atoms with Gasteiger partial charge >= 0.3 is 5.97 Å². The van der Waals surface area contributed by atoms with Crippen molar-refractivity contribution in [3.63, 3.8) is 0 Å². The first-order chi connectivity index (χ1) is 8.61. The second-order valence-electron chi connectivity index (χ2n) is 3.84. The van der Waals surface area contributed by atoms with Crippen molar-refractivity contribution >= 4 is 11.9 Å². The largest absolute Gasteiger partial charge is 0.508 e. The lowest BCUT2D eigenvalue weighted by Gasteiger charge is -2.05. The van der Waals surface area contributed by atoms with Crippen molar-refractivity contribution in [3.05, 3.63) is 29.8 Å². The molecule has 0 heterocycles. The molecule has 0 saturated heterocycles. The molecule has 0 saturated carbocycles. The third-order valence-electron chi connectivity index (χ3n) is 2.46. The first-order valence-corrected chi connectivity index (χ1v) is 5.73. The Labute approximate surface area is 106 Å². The maximum Gasteiger partial charge on any atom is 0.306 e.